The quantitative estimate of drug-likeness (QED) is 0.647. The number of nitrogens with one attached hydrogen (secondary N) is 1. The summed E-state index contributed by atoms with van der Waals surface area (Å²) in [7, 11) is 0. The molecule has 3 aromatic rings. The zero-order chi connectivity index (χ0) is 19.8. The van der Waals surface area contributed by atoms with Crippen LogP contribution in [0.15, 0.2) is 42.7 Å². The van der Waals surface area contributed by atoms with Crippen molar-refractivity contribution in [3.05, 3.63) is 53.3 Å². The molecule has 0 bridgehead atoms. The average molecular weight is 408 g/mol. The van der Waals surface area contributed by atoms with E-state index in [1.807, 2.05) is 20.8 Å². The van der Waals surface area contributed by atoms with Crippen molar-refractivity contribution in [2.24, 2.45) is 0 Å². The monoisotopic (exact) mass is 407 g/mol. The Balaban J connectivity index is 2.10. The van der Waals surface area contributed by atoms with E-state index in [0.29, 0.717) is 10.7 Å². The maximum absolute atomic E-state index is 12.5. The molecule has 1 amide bonds. The lowest BCUT2D eigenvalue weighted by Crippen LogP contribution is -2.40. The van der Waals surface area contributed by atoms with Gasteiger partial charge >= 0.3 is 0 Å². The highest BCUT2D eigenvalue weighted by molar-refractivity contribution is 7.81. The van der Waals surface area contributed by atoms with Crippen LogP contribution in [-0.4, -0.2) is 34.8 Å². The van der Waals surface area contributed by atoms with E-state index in [1.54, 1.807) is 30.5 Å². The summed E-state index contributed by atoms with van der Waals surface area (Å²) in [5, 5.41) is 7.26. The topological polar surface area (TPSA) is 99.8 Å². The van der Waals surface area contributed by atoms with Gasteiger partial charge in [0.15, 0.2) is 11.5 Å². The second-order valence-corrected chi connectivity index (χ2v) is 8.03. The minimum atomic E-state index is -2.42. The number of carbonyl (C=O) groups is 1. The molecule has 0 fully saturated rings. The number of aromatic nitrogens is 3. The molecular formula is C17H18ClN5O3S. The van der Waals surface area contributed by atoms with Crippen LogP contribution in [0.5, 0.6) is 0 Å². The van der Waals surface area contributed by atoms with Crippen LogP contribution in [-0.2, 0) is 11.3 Å². The van der Waals surface area contributed by atoms with Gasteiger partial charge in [-0.1, -0.05) is 23.7 Å². The lowest BCUT2D eigenvalue weighted by Gasteiger charge is -2.21. The fourth-order valence-electron chi connectivity index (χ4n) is 2.44. The lowest BCUT2D eigenvalue weighted by atomic mass is 10.1. The number of carbonyl (C=O) groups excluding carboxylic acids is 1. The van der Waals surface area contributed by atoms with E-state index >= 15 is 0 Å². The summed E-state index contributed by atoms with van der Waals surface area (Å²) < 4.78 is 24.3. The van der Waals surface area contributed by atoms with Crippen molar-refractivity contribution in [1.29, 1.82) is 0 Å². The van der Waals surface area contributed by atoms with E-state index in [9.17, 15) is 13.6 Å². The zero-order valence-corrected chi connectivity index (χ0v) is 16.5. The van der Waals surface area contributed by atoms with Crippen LogP contribution in [0.1, 0.15) is 31.1 Å². The molecule has 0 radical (unpaired) electrons. The van der Waals surface area contributed by atoms with E-state index in [0.717, 1.165) is 4.31 Å². The molecule has 0 spiro atoms. The van der Waals surface area contributed by atoms with Gasteiger partial charge in [0.25, 0.3) is 17.2 Å². The van der Waals surface area contributed by atoms with Gasteiger partial charge in [0, 0.05) is 17.8 Å². The van der Waals surface area contributed by atoms with Crippen LogP contribution in [0.25, 0.3) is 5.65 Å². The normalized spacial score (nSPS) is 12.8. The Morgan fingerprint density at radius 2 is 2.00 bits per heavy atom. The number of anilines is 2. The summed E-state index contributed by atoms with van der Waals surface area (Å²) in [6.45, 7) is 5.59. The summed E-state index contributed by atoms with van der Waals surface area (Å²) in [5.41, 5.74) is 0.405. The number of fused-ring (bicyclic) bond motifs is 1. The molecule has 0 aliphatic rings. The van der Waals surface area contributed by atoms with Gasteiger partial charge in [0.05, 0.1) is 16.9 Å². The molecule has 8 nitrogen and oxygen atoms in total. The highest BCUT2D eigenvalue weighted by atomic mass is 35.5. The lowest BCUT2D eigenvalue weighted by molar-refractivity contribution is 0.0921. The third-order valence-corrected chi connectivity index (χ3v) is 4.54. The van der Waals surface area contributed by atoms with Crippen molar-refractivity contribution in [3.63, 3.8) is 0 Å². The zero-order valence-electron chi connectivity index (χ0n) is 14.9. The van der Waals surface area contributed by atoms with Crippen LogP contribution in [0.4, 0.5) is 11.5 Å². The summed E-state index contributed by atoms with van der Waals surface area (Å²) >= 11 is 3.74. The van der Waals surface area contributed by atoms with Crippen molar-refractivity contribution in [2.75, 3.05) is 4.31 Å². The van der Waals surface area contributed by atoms with Gasteiger partial charge in [-0.25, -0.2) is 18.0 Å². The standard InChI is InChI=1S/C17H18ClN5O3S/c1-17(2,3)21-16(24)11-10-19-22-9-8-14(20-15(11)22)23(27(25)26)13-7-5-4-6-12(13)18/h4-10H,1-3H3,(H,21,24)(H,25,26). The Morgan fingerprint density at radius 1 is 1.30 bits per heavy atom. The summed E-state index contributed by atoms with van der Waals surface area (Å²) in [4.78, 5) is 16.9. The minimum absolute atomic E-state index is 0.154. The number of halogens is 1. The first kappa shape index (κ1) is 19.3. The smallest absolute Gasteiger partial charge is 0.267 e. The molecule has 2 aromatic heterocycles. The summed E-state index contributed by atoms with van der Waals surface area (Å²) in [6, 6.07) is 8.14. The molecule has 3 rings (SSSR count). The van der Waals surface area contributed by atoms with Gasteiger partial charge in [-0.05, 0) is 32.9 Å². The van der Waals surface area contributed by atoms with Crippen molar-refractivity contribution >= 4 is 45.9 Å². The van der Waals surface area contributed by atoms with Crippen molar-refractivity contribution in [3.8, 4) is 0 Å². The number of hydrogen-bond acceptors (Lipinski definition) is 4. The molecule has 142 valence electrons. The van der Waals surface area contributed by atoms with E-state index < -0.39 is 16.8 Å². The Morgan fingerprint density at radius 3 is 2.63 bits per heavy atom. The molecule has 2 N–H and O–H groups in total. The molecule has 0 saturated heterocycles. The van der Waals surface area contributed by atoms with Crippen molar-refractivity contribution < 1.29 is 13.6 Å². The number of para-hydroxylation sites is 1. The molecule has 1 atom stereocenters. The van der Waals surface area contributed by atoms with Crippen LogP contribution in [0.3, 0.4) is 0 Å². The maximum atomic E-state index is 12.5. The predicted octanol–water partition coefficient (Wildman–Crippen LogP) is 3.19. The highest BCUT2D eigenvalue weighted by Gasteiger charge is 2.23. The molecule has 1 aromatic carbocycles. The Hall–Kier alpha value is -2.49. The predicted molar refractivity (Wildman–Crippen MR) is 105 cm³/mol. The molecule has 2 heterocycles. The van der Waals surface area contributed by atoms with Crippen LogP contribution < -0.4 is 9.62 Å². The first-order chi connectivity index (χ1) is 12.7. The number of amides is 1. The molecule has 0 aliphatic heterocycles. The van der Waals surface area contributed by atoms with Crippen molar-refractivity contribution in [2.45, 2.75) is 26.3 Å². The van der Waals surface area contributed by atoms with Gasteiger partial charge in [0.2, 0.25) is 0 Å². The molecule has 0 saturated carbocycles. The summed E-state index contributed by atoms with van der Waals surface area (Å²) in [5.74, 6) is -0.182. The number of benzene rings is 1. The van der Waals surface area contributed by atoms with E-state index in [4.69, 9.17) is 11.6 Å². The fourth-order valence-corrected chi connectivity index (χ4v) is 3.30. The van der Waals surface area contributed by atoms with Gasteiger partial charge in [-0.2, -0.15) is 5.10 Å². The Labute approximate surface area is 163 Å². The number of nitrogens with zero attached hydrogens (tertiary/aromatic N) is 4. The third kappa shape index (κ3) is 4.10. The summed E-state index contributed by atoms with van der Waals surface area (Å²) in [6.07, 6.45) is 2.96. The maximum Gasteiger partial charge on any atom is 0.267 e. The van der Waals surface area contributed by atoms with Crippen LogP contribution >= 0.6 is 11.6 Å². The Kier molecular flexibility index (Phi) is 5.18. The van der Waals surface area contributed by atoms with Crippen LogP contribution in [0.2, 0.25) is 5.02 Å². The molecule has 1 unspecified atom stereocenters. The average Bonchev–Trinajstić information content (AvgIpc) is 2.98. The van der Waals surface area contributed by atoms with E-state index in [1.165, 1.54) is 16.8 Å². The fraction of sp³-hybridized carbons (Fsp3) is 0.235. The first-order valence-corrected chi connectivity index (χ1v) is 9.44. The Bertz CT molecular complexity index is 1030. The largest absolute Gasteiger partial charge is 0.347 e. The van der Waals surface area contributed by atoms with Gasteiger partial charge in [-0.3, -0.25) is 9.35 Å². The minimum Gasteiger partial charge on any atom is -0.347 e. The second kappa shape index (κ2) is 7.26. The number of rotatable bonds is 4. The van der Waals surface area contributed by atoms with Gasteiger partial charge in [0.1, 0.15) is 5.56 Å². The number of hydrogen-bond donors (Lipinski definition) is 2. The van der Waals surface area contributed by atoms with E-state index in [2.05, 4.69) is 15.4 Å². The molecule has 27 heavy (non-hydrogen) atoms. The molecular weight excluding hydrogens is 390 g/mol. The third-order valence-electron chi connectivity index (χ3n) is 3.52. The van der Waals surface area contributed by atoms with Gasteiger partial charge in [-0.15, -0.1) is 0 Å². The molecule has 0 aliphatic carbocycles. The first-order valence-electron chi connectivity index (χ1n) is 8.00. The van der Waals surface area contributed by atoms with Crippen LogP contribution in [0, 0.1) is 0 Å². The SMILES string of the molecule is CC(C)(C)NC(=O)c1cnn2ccc(N(c3ccccc3Cl)S(=O)O)nc12. The molecule has 10 heteroatoms. The highest BCUT2D eigenvalue weighted by Crippen LogP contribution is 2.32. The van der Waals surface area contributed by atoms with Crippen molar-refractivity contribution in [1.82, 2.24) is 19.9 Å². The second-order valence-electron chi connectivity index (χ2n) is 6.79. The van der Waals surface area contributed by atoms with Gasteiger partial charge < -0.3 is 5.32 Å². The van der Waals surface area contributed by atoms with E-state index in [-0.39, 0.29) is 22.9 Å².